The van der Waals surface area contributed by atoms with Crippen molar-refractivity contribution in [2.24, 2.45) is 0 Å². The third-order valence-corrected chi connectivity index (χ3v) is 3.37. The molecule has 0 aliphatic carbocycles. The zero-order valence-corrected chi connectivity index (χ0v) is 11.2. The minimum absolute atomic E-state index is 0.0737. The Morgan fingerprint density at radius 3 is 2.60 bits per heavy atom. The van der Waals surface area contributed by atoms with Crippen LogP contribution in [-0.2, 0) is 6.18 Å². The molecule has 0 N–H and O–H groups in total. The lowest BCUT2D eigenvalue weighted by molar-refractivity contribution is -0.141. The SMILES string of the molecule is Cc1cc(C(F)(F)F)nc(Cl)c1C(=O)N1CC[C@H](F)C1. The number of halogens is 5. The van der Waals surface area contributed by atoms with Crippen molar-refractivity contribution in [3.63, 3.8) is 0 Å². The summed E-state index contributed by atoms with van der Waals surface area (Å²) in [6.07, 6.45) is -5.52. The van der Waals surface area contributed by atoms with Crippen LogP contribution in [0, 0.1) is 6.92 Å². The highest BCUT2D eigenvalue weighted by molar-refractivity contribution is 6.32. The van der Waals surface area contributed by atoms with Gasteiger partial charge in [0.05, 0.1) is 12.1 Å². The van der Waals surface area contributed by atoms with Crippen LogP contribution in [0.3, 0.4) is 0 Å². The maximum absolute atomic E-state index is 13.1. The molecule has 20 heavy (non-hydrogen) atoms. The first-order chi connectivity index (χ1) is 9.20. The van der Waals surface area contributed by atoms with E-state index in [-0.39, 0.29) is 30.6 Å². The molecule has 0 unspecified atom stereocenters. The highest BCUT2D eigenvalue weighted by atomic mass is 35.5. The molecule has 1 atom stereocenters. The van der Waals surface area contributed by atoms with E-state index in [1.54, 1.807) is 0 Å². The summed E-state index contributed by atoms with van der Waals surface area (Å²) in [4.78, 5) is 16.6. The van der Waals surface area contributed by atoms with Gasteiger partial charge in [-0.1, -0.05) is 11.6 Å². The van der Waals surface area contributed by atoms with Gasteiger partial charge in [-0.25, -0.2) is 9.37 Å². The number of aryl methyl sites for hydroxylation is 1. The predicted molar refractivity (Wildman–Crippen MR) is 64.4 cm³/mol. The molecule has 0 radical (unpaired) electrons. The number of likely N-dealkylation sites (tertiary alicyclic amines) is 1. The molecule has 1 aliphatic heterocycles. The maximum Gasteiger partial charge on any atom is 0.433 e. The van der Waals surface area contributed by atoms with E-state index in [2.05, 4.69) is 4.98 Å². The monoisotopic (exact) mass is 310 g/mol. The van der Waals surface area contributed by atoms with E-state index in [1.165, 1.54) is 11.8 Å². The number of carbonyl (C=O) groups is 1. The largest absolute Gasteiger partial charge is 0.433 e. The first-order valence-corrected chi connectivity index (χ1v) is 6.25. The highest BCUT2D eigenvalue weighted by Crippen LogP contribution is 2.32. The van der Waals surface area contributed by atoms with Gasteiger partial charge in [0.15, 0.2) is 0 Å². The molecule has 2 rings (SSSR count). The summed E-state index contributed by atoms with van der Waals surface area (Å²) >= 11 is 5.70. The minimum atomic E-state index is -4.63. The topological polar surface area (TPSA) is 33.2 Å². The van der Waals surface area contributed by atoms with Crippen molar-refractivity contribution in [2.75, 3.05) is 13.1 Å². The average Bonchev–Trinajstić information content (AvgIpc) is 2.73. The zero-order chi connectivity index (χ0) is 15.1. The number of rotatable bonds is 1. The first-order valence-electron chi connectivity index (χ1n) is 5.88. The molecule has 1 aliphatic rings. The van der Waals surface area contributed by atoms with E-state index in [1.807, 2.05) is 0 Å². The summed E-state index contributed by atoms with van der Waals surface area (Å²) in [6.45, 7) is 1.49. The Labute approximate surface area is 117 Å². The number of aromatic nitrogens is 1. The van der Waals surface area contributed by atoms with Crippen LogP contribution in [-0.4, -0.2) is 35.1 Å². The molecule has 110 valence electrons. The summed E-state index contributed by atoms with van der Waals surface area (Å²) in [7, 11) is 0. The van der Waals surface area contributed by atoms with Gasteiger partial charge in [0.1, 0.15) is 17.0 Å². The Morgan fingerprint density at radius 1 is 1.50 bits per heavy atom. The van der Waals surface area contributed by atoms with Gasteiger partial charge >= 0.3 is 6.18 Å². The van der Waals surface area contributed by atoms with E-state index in [4.69, 9.17) is 11.6 Å². The van der Waals surface area contributed by atoms with Crippen molar-refractivity contribution in [3.05, 3.63) is 28.0 Å². The second-order valence-electron chi connectivity index (χ2n) is 4.63. The Kier molecular flexibility index (Phi) is 3.90. The maximum atomic E-state index is 13.1. The molecule has 0 spiro atoms. The van der Waals surface area contributed by atoms with Crippen molar-refractivity contribution in [3.8, 4) is 0 Å². The molecule has 8 heteroatoms. The van der Waals surface area contributed by atoms with Crippen molar-refractivity contribution in [2.45, 2.75) is 25.7 Å². The highest BCUT2D eigenvalue weighted by Gasteiger charge is 2.35. The van der Waals surface area contributed by atoms with Gasteiger partial charge in [0.25, 0.3) is 5.91 Å². The molecule has 0 saturated carbocycles. The quantitative estimate of drug-likeness (QED) is 0.589. The van der Waals surface area contributed by atoms with Crippen LogP contribution in [0.5, 0.6) is 0 Å². The fraction of sp³-hybridized carbons (Fsp3) is 0.500. The molecule has 1 amide bonds. The molecule has 0 bridgehead atoms. The van der Waals surface area contributed by atoms with Crippen LogP contribution in [0.15, 0.2) is 6.07 Å². The number of carbonyl (C=O) groups excluding carboxylic acids is 1. The van der Waals surface area contributed by atoms with Gasteiger partial charge in [-0.15, -0.1) is 0 Å². The van der Waals surface area contributed by atoms with Crippen LogP contribution in [0.2, 0.25) is 5.15 Å². The molecule has 1 saturated heterocycles. The van der Waals surface area contributed by atoms with Crippen LogP contribution >= 0.6 is 11.6 Å². The van der Waals surface area contributed by atoms with Crippen LogP contribution in [0.1, 0.15) is 28.0 Å². The number of pyridine rings is 1. The number of amides is 1. The Balaban J connectivity index is 2.36. The number of nitrogens with zero attached hydrogens (tertiary/aromatic N) is 2. The molecule has 1 fully saturated rings. The molecule has 1 aromatic heterocycles. The molecule has 3 nitrogen and oxygen atoms in total. The summed E-state index contributed by atoms with van der Waals surface area (Å²) in [5, 5.41) is -0.510. The van der Waals surface area contributed by atoms with Crippen molar-refractivity contribution >= 4 is 17.5 Å². The minimum Gasteiger partial charge on any atom is -0.336 e. The van der Waals surface area contributed by atoms with Gasteiger partial charge in [-0.05, 0) is 25.0 Å². The third-order valence-electron chi connectivity index (χ3n) is 3.09. The summed E-state index contributed by atoms with van der Waals surface area (Å²) in [5.74, 6) is -0.589. The standard InChI is InChI=1S/C12H11ClF4N2O/c1-6-4-8(12(15,16)17)18-10(13)9(6)11(20)19-3-2-7(14)5-19/h4,7H,2-3,5H2,1H3/t7-/m0/s1. The molecular formula is C12H11ClF4N2O. The lowest BCUT2D eigenvalue weighted by atomic mass is 10.1. The smallest absolute Gasteiger partial charge is 0.336 e. The molecular weight excluding hydrogens is 300 g/mol. The predicted octanol–water partition coefficient (Wildman–Crippen LogP) is 3.25. The normalized spacial score (nSPS) is 19.5. The Hall–Kier alpha value is -1.37. The fourth-order valence-corrected chi connectivity index (χ4v) is 2.42. The van der Waals surface area contributed by atoms with Gasteiger partial charge in [0.2, 0.25) is 0 Å². The lowest BCUT2D eigenvalue weighted by Crippen LogP contribution is -2.30. The Bertz CT molecular complexity index is 524. The van der Waals surface area contributed by atoms with Crippen molar-refractivity contribution < 1.29 is 22.4 Å². The van der Waals surface area contributed by atoms with Gasteiger partial charge in [-0.3, -0.25) is 4.79 Å². The average molecular weight is 311 g/mol. The van der Waals surface area contributed by atoms with Gasteiger partial charge < -0.3 is 4.90 Å². The Morgan fingerprint density at radius 2 is 2.15 bits per heavy atom. The van der Waals surface area contributed by atoms with E-state index >= 15 is 0 Å². The van der Waals surface area contributed by atoms with Crippen molar-refractivity contribution in [1.29, 1.82) is 0 Å². The van der Waals surface area contributed by atoms with Gasteiger partial charge in [0, 0.05) is 6.54 Å². The lowest BCUT2D eigenvalue weighted by Gasteiger charge is -2.18. The number of hydrogen-bond donors (Lipinski definition) is 0. The van der Waals surface area contributed by atoms with Gasteiger partial charge in [-0.2, -0.15) is 13.2 Å². The molecule has 1 aromatic rings. The first kappa shape index (κ1) is 15.0. The second kappa shape index (κ2) is 5.20. The number of alkyl halides is 4. The summed E-state index contributed by atoms with van der Waals surface area (Å²) in [6, 6.07) is 0.766. The summed E-state index contributed by atoms with van der Waals surface area (Å²) < 4.78 is 50.8. The van der Waals surface area contributed by atoms with E-state index < -0.39 is 29.1 Å². The molecule has 2 heterocycles. The molecule has 0 aromatic carbocycles. The zero-order valence-electron chi connectivity index (χ0n) is 10.5. The van der Waals surface area contributed by atoms with Crippen LogP contribution < -0.4 is 0 Å². The van der Waals surface area contributed by atoms with Crippen LogP contribution in [0.25, 0.3) is 0 Å². The van der Waals surface area contributed by atoms with Crippen molar-refractivity contribution in [1.82, 2.24) is 9.88 Å². The van der Waals surface area contributed by atoms with E-state index in [0.29, 0.717) is 0 Å². The third kappa shape index (κ3) is 2.87. The summed E-state index contributed by atoms with van der Waals surface area (Å²) in [5.41, 5.74) is -1.18. The second-order valence-corrected chi connectivity index (χ2v) is 4.98. The van der Waals surface area contributed by atoms with Crippen LogP contribution in [0.4, 0.5) is 17.6 Å². The van der Waals surface area contributed by atoms with E-state index in [9.17, 15) is 22.4 Å². The van der Waals surface area contributed by atoms with E-state index in [0.717, 1.165) is 6.07 Å². The number of hydrogen-bond acceptors (Lipinski definition) is 2. The fourth-order valence-electron chi connectivity index (χ4n) is 2.10.